The summed E-state index contributed by atoms with van der Waals surface area (Å²) in [4.78, 5) is 28.9. The lowest BCUT2D eigenvalue weighted by Crippen LogP contribution is -2.35. The van der Waals surface area contributed by atoms with Crippen molar-refractivity contribution in [1.82, 2.24) is 9.55 Å². The first-order chi connectivity index (χ1) is 13.5. The van der Waals surface area contributed by atoms with E-state index in [1.165, 1.54) is 4.90 Å². The Morgan fingerprint density at radius 3 is 3.04 bits per heavy atom. The number of nitrogens with two attached hydrogens (primary N) is 1. The molecule has 2 aliphatic heterocycles. The van der Waals surface area contributed by atoms with Gasteiger partial charge < -0.3 is 24.5 Å². The highest BCUT2D eigenvalue weighted by molar-refractivity contribution is 5.89. The molecule has 2 atom stereocenters. The molecule has 2 amide bonds. The van der Waals surface area contributed by atoms with Crippen molar-refractivity contribution in [3.63, 3.8) is 0 Å². The number of benzene rings is 1. The van der Waals surface area contributed by atoms with Gasteiger partial charge in [-0.1, -0.05) is 0 Å². The Bertz CT molecular complexity index is 931. The minimum absolute atomic E-state index is 0.00400. The lowest BCUT2D eigenvalue weighted by molar-refractivity contribution is -0.123. The van der Waals surface area contributed by atoms with Gasteiger partial charge in [0.2, 0.25) is 0 Å². The zero-order valence-corrected chi connectivity index (χ0v) is 15.1. The maximum Gasteiger partial charge on any atom is 0.416 e. The third-order valence-corrected chi connectivity index (χ3v) is 4.65. The SMILES string of the molecule is C[C@H](Oc1ccc2c(c1)OCCn1cc(N3C(=O)OC[C@H]3CF)nc1-2)C(N)=O. The van der Waals surface area contributed by atoms with E-state index in [-0.39, 0.29) is 6.61 Å². The second-order valence-electron chi connectivity index (χ2n) is 6.54. The second-order valence-corrected chi connectivity index (χ2v) is 6.54. The molecule has 1 saturated heterocycles. The molecular formula is C18H19FN4O5. The molecule has 0 spiro atoms. The lowest BCUT2D eigenvalue weighted by atomic mass is 10.1. The minimum Gasteiger partial charge on any atom is -0.491 e. The number of amides is 2. The Morgan fingerprint density at radius 1 is 1.46 bits per heavy atom. The number of halogens is 1. The number of aromatic nitrogens is 2. The number of imidazole rings is 1. The fourth-order valence-corrected chi connectivity index (χ4v) is 3.15. The van der Waals surface area contributed by atoms with Gasteiger partial charge in [0.1, 0.15) is 43.3 Å². The predicted molar refractivity (Wildman–Crippen MR) is 96.0 cm³/mol. The first kappa shape index (κ1) is 18.1. The van der Waals surface area contributed by atoms with Crippen molar-refractivity contribution >= 4 is 17.8 Å². The molecular weight excluding hydrogens is 371 g/mol. The van der Waals surface area contributed by atoms with Gasteiger partial charge in [-0.15, -0.1) is 0 Å². The standard InChI is InChI=1S/C18H19FN4O5/c1-10(16(20)24)28-12-2-3-13-14(6-12)26-5-4-22-8-15(21-17(13)22)23-11(7-19)9-27-18(23)25/h2-3,6,8,10-11H,4-5,7,9H2,1H3,(H2,20,24)/t10-,11+/m0/s1. The summed E-state index contributed by atoms with van der Waals surface area (Å²) in [6.07, 6.45) is 0.288. The number of hydrogen-bond acceptors (Lipinski definition) is 6. The summed E-state index contributed by atoms with van der Waals surface area (Å²) in [5, 5.41) is 0. The van der Waals surface area contributed by atoms with E-state index in [0.717, 1.165) is 0 Å². The lowest BCUT2D eigenvalue weighted by Gasteiger charge is -2.16. The molecule has 4 rings (SSSR count). The van der Waals surface area contributed by atoms with Gasteiger partial charge in [0.15, 0.2) is 11.9 Å². The van der Waals surface area contributed by atoms with Crippen LogP contribution >= 0.6 is 0 Å². The molecule has 1 aromatic carbocycles. The van der Waals surface area contributed by atoms with Crippen LogP contribution in [0.2, 0.25) is 0 Å². The van der Waals surface area contributed by atoms with Gasteiger partial charge in [-0.2, -0.15) is 0 Å². The molecule has 3 heterocycles. The van der Waals surface area contributed by atoms with Crippen molar-refractivity contribution in [3.05, 3.63) is 24.4 Å². The molecule has 0 unspecified atom stereocenters. The third kappa shape index (κ3) is 3.10. The Kier molecular flexibility index (Phi) is 4.54. The van der Waals surface area contributed by atoms with Crippen molar-refractivity contribution < 1.29 is 28.2 Å². The summed E-state index contributed by atoms with van der Waals surface area (Å²) in [7, 11) is 0. The Morgan fingerprint density at radius 2 is 2.29 bits per heavy atom. The second kappa shape index (κ2) is 7.02. The number of hydrogen-bond donors (Lipinski definition) is 1. The maximum absolute atomic E-state index is 13.2. The van der Waals surface area contributed by atoms with Gasteiger partial charge in [0.05, 0.1) is 12.1 Å². The monoisotopic (exact) mass is 390 g/mol. The molecule has 0 aliphatic carbocycles. The van der Waals surface area contributed by atoms with E-state index < -0.39 is 30.8 Å². The average molecular weight is 390 g/mol. The van der Waals surface area contributed by atoms with Crippen LogP contribution in [0.5, 0.6) is 11.5 Å². The average Bonchev–Trinajstić information content (AvgIpc) is 3.20. The smallest absolute Gasteiger partial charge is 0.416 e. The molecule has 1 fully saturated rings. The number of cyclic esters (lactones) is 1. The highest BCUT2D eigenvalue weighted by Gasteiger charge is 2.36. The number of anilines is 1. The summed E-state index contributed by atoms with van der Waals surface area (Å²) in [5.41, 5.74) is 5.92. The Hall–Kier alpha value is -3.30. The zero-order valence-electron chi connectivity index (χ0n) is 15.1. The van der Waals surface area contributed by atoms with E-state index in [9.17, 15) is 14.0 Å². The summed E-state index contributed by atoms with van der Waals surface area (Å²) >= 11 is 0. The van der Waals surface area contributed by atoms with E-state index in [2.05, 4.69) is 4.98 Å². The zero-order chi connectivity index (χ0) is 19.8. The fourth-order valence-electron chi connectivity index (χ4n) is 3.15. The van der Waals surface area contributed by atoms with Crippen LogP contribution in [-0.4, -0.2) is 53.6 Å². The van der Waals surface area contributed by atoms with Crippen LogP contribution in [0.3, 0.4) is 0 Å². The van der Waals surface area contributed by atoms with Crippen LogP contribution in [0.15, 0.2) is 24.4 Å². The number of alkyl halides is 1. The normalized spacial score (nSPS) is 19.1. The van der Waals surface area contributed by atoms with Crippen LogP contribution in [0.1, 0.15) is 6.92 Å². The van der Waals surface area contributed by atoms with Gasteiger partial charge in [-0.25, -0.2) is 14.2 Å². The van der Waals surface area contributed by atoms with E-state index in [4.69, 9.17) is 19.9 Å². The van der Waals surface area contributed by atoms with Crippen LogP contribution in [0.4, 0.5) is 15.0 Å². The van der Waals surface area contributed by atoms with Gasteiger partial charge in [0.25, 0.3) is 5.91 Å². The molecule has 10 heteroatoms. The van der Waals surface area contributed by atoms with Gasteiger partial charge in [0, 0.05) is 12.3 Å². The topological polar surface area (TPSA) is 109 Å². The van der Waals surface area contributed by atoms with Crippen molar-refractivity contribution in [2.45, 2.75) is 25.6 Å². The van der Waals surface area contributed by atoms with Crippen LogP contribution in [-0.2, 0) is 16.1 Å². The predicted octanol–water partition coefficient (Wildman–Crippen LogP) is 1.49. The number of carbonyl (C=O) groups excluding carboxylic acids is 2. The maximum atomic E-state index is 13.2. The summed E-state index contributed by atoms with van der Waals surface area (Å²) in [5.74, 6) is 1.29. The molecule has 0 radical (unpaired) electrons. The van der Waals surface area contributed by atoms with Crippen LogP contribution < -0.4 is 20.1 Å². The number of rotatable bonds is 5. The highest BCUT2D eigenvalue weighted by atomic mass is 19.1. The van der Waals surface area contributed by atoms with E-state index in [1.807, 2.05) is 4.57 Å². The minimum atomic E-state index is -0.781. The first-order valence-electron chi connectivity index (χ1n) is 8.80. The van der Waals surface area contributed by atoms with Gasteiger partial charge in [-0.05, 0) is 19.1 Å². The molecule has 2 N–H and O–H groups in total. The molecule has 2 aromatic rings. The third-order valence-electron chi connectivity index (χ3n) is 4.65. The molecule has 28 heavy (non-hydrogen) atoms. The molecule has 2 aliphatic rings. The summed E-state index contributed by atoms with van der Waals surface area (Å²) < 4.78 is 31.3. The van der Waals surface area contributed by atoms with Crippen LogP contribution in [0.25, 0.3) is 11.4 Å². The van der Waals surface area contributed by atoms with Gasteiger partial charge >= 0.3 is 6.09 Å². The first-order valence-corrected chi connectivity index (χ1v) is 8.80. The summed E-state index contributed by atoms with van der Waals surface area (Å²) in [6.45, 7) is 1.70. The molecule has 9 nitrogen and oxygen atoms in total. The van der Waals surface area contributed by atoms with E-state index >= 15 is 0 Å². The van der Waals surface area contributed by atoms with Crippen molar-refractivity contribution in [3.8, 4) is 22.9 Å². The van der Waals surface area contributed by atoms with E-state index in [0.29, 0.717) is 41.9 Å². The van der Waals surface area contributed by atoms with Crippen molar-refractivity contribution in [1.29, 1.82) is 0 Å². The molecule has 148 valence electrons. The van der Waals surface area contributed by atoms with Crippen molar-refractivity contribution in [2.24, 2.45) is 5.73 Å². The van der Waals surface area contributed by atoms with Crippen molar-refractivity contribution in [2.75, 3.05) is 24.8 Å². The summed E-state index contributed by atoms with van der Waals surface area (Å²) in [6, 6.07) is 4.41. The molecule has 1 aromatic heterocycles. The largest absolute Gasteiger partial charge is 0.491 e. The number of nitrogens with zero attached hydrogens (tertiary/aromatic N) is 3. The van der Waals surface area contributed by atoms with Gasteiger partial charge in [-0.3, -0.25) is 9.69 Å². The number of primary amides is 1. The Balaban J connectivity index is 1.68. The van der Waals surface area contributed by atoms with E-state index in [1.54, 1.807) is 31.3 Å². The number of fused-ring (bicyclic) bond motifs is 3. The highest BCUT2D eigenvalue weighted by Crippen LogP contribution is 2.37. The molecule has 0 saturated carbocycles. The molecule has 0 bridgehead atoms. The Labute approximate surface area is 159 Å². The number of ether oxygens (including phenoxy) is 3. The van der Waals surface area contributed by atoms with Crippen LogP contribution in [0, 0.1) is 0 Å². The number of carbonyl (C=O) groups is 2. The quantitative estimate of drug-likeness (QED) is 0.829. The fraction of sp³-hybridized carbons (Fsp3) is 0.389.